The molecule has 0 bridgehead atoms. The molecule has 0 N–H and O–H groups in total. The molecule has 0 nitrogen and oxygen atoms in total. The third-order valence-electron chi connectivity index (χ3n) is 1.78. The Kier molecular flexibility index (Phi) is 11.4. The van der Waals surface area contributed by atoms with Crippen molar-refractivity contribution in [1.82, 2.24) is 0 Å². The van der Waals surface area contributed by atoms with Crippen LogP contribution < -0.4 is 0 Å². The van der Waals surface area contributed by atoms with Gasteiger partial charge in [0.25, 0.3) is 0 Å². The van der Waals surface area contributed by atoms with Gasteiger partial charge in [-0.2, -0.15) is 0 Å². The Morgan fingerprint density at radius 3 is 0.294 bits per heavy atom. The predicted molar refractivity (Wildman–Crippen MR) is 73.1 cm³/mol. The van der Waals surface area contributed by atoms with Crippen LogP contribution in [0.4, 0.5) is 0 Å². The molecule has 0 saturated heterocycles. The van der Waals surface area contributed by atoms with E-state index in [4.69, 9.17) is 0 Å². The zero-order valence-electron chi connectivity index (χ0n) is 9.65. The summed E-state index contributed by atoms with van der Waals surface area (Å²) >= 11 is 0. The van der Waals surface area contributed by atoms with E-state index in [0.717, 1.165) is 0 Å². The fourth-order valence-electron chi connectivity index (χ4n) is 1.03. The molecular weight excluding hydrogens is 244 g/mol. The molecule has 0 unspecified atom stereocenters. The summed E-state index contributed by atoms with van der Waals surface area (Å²) in [4.78, 5) is 0. The second kappa shape index (κ2) is 12.5. The molecule has 0 fully saturated rings. The molecule has 0 aromatic rings. The van der Waals surface area contributed by atoms with Gasteiger partial charge in [0.15, 0.2) is 0 Å². The monoisotopic (exact) mass is 260 g/mol. The summed E-state index contributed by atoms with van der Waals surface area (Å²) in [5.41, 5.74) is 0. The van der Waals surface area contributed by atoms with E-state index in [1.807, 2.05) is 97.2 Å². The SMILES string of the molecule is C1=C\C=C/C=C\C=C/1.C1=C\C=C/C=C\C=C/1.[Cr]. The van der Waals surface area contributed by atoms with Crippen molar-refractivity contribution in [1.29, 1.82) is 0 Å². The number of rotatable bonds is 0. The molecule has 2 aliphatic rings. The largest absolute Gasteiger partial charge is 0.0623 e. The van der Waals surface area contributed by atoms with Crippen molar-refractivity contribution in [2.24, 2.45) is 0 Å². The Labute approximate surface area is 115 Å². The van der Waals surface area contributed by atoms with Crippen LogP contribution >= 0.6 is 0 Å². The minimum Gasteiger partial charge on any atom is -0.0623 e. The Hall–Kier alpha value is -1.55. The van der Waals surface area contributed by atoms with Crippen molar-refractivity contribution in [3.05, 3.63) is 97.2 Å². The molecule has 2 aliphatic carbocycles. The molecule has 0 amide bonds. The maximum absolute atomic E-state index is 2.00. The van der Waals surface area contributed by atoms with Gasteiger partial charge in [0.05, 0.1) is 0 Å². The van der Waals surface area contributed by atoms with Crippen LogP contribution in [-0.4, -0.2) is 0 Å². The van der Waals surface area contributed by atoms with Gasteiger partial charge in [0.1, 0.15) is 0 Å². The van der Waals surface area contributed by atoms with Crippen molar-refractivity contribution in [3.63, 3.8) is 0 Å². The van der Waals surface area contributed by atoms with Gasteiger partial charge in [0.2, 0.25) is 0 Å². The second-order valence-electron chi connectivity index (χ2n) is 3.08. The summed E-state index contributed by atoms with van der Waals surface area (Å²) < 4.78 is 0. The van der Waals surface area contributed by atoms with E-state index in [0.29, 0.717) is 0 Å². The predicted octanol–water partition coefficient (Wildman–Crippen LogP) is 4.45. The van der Waals surface area contributed by atoms with Crippen molar-refractivity contribution in [2.75, 3.05) is 0 Å². The maximum Gasteiger partial charge on any atom is 0 e. The maximum atomic E-state index is 2.00. The third kappa shape index (κ3) is 10.7. The summed E-state index contributed by atoms with van der Waals surface area (Å²) in [5, 5.41) is 0. The number of hydrogen-bond donors (Lipinski definition) is 0. The van der Waals surface area contributed by atoms with Gasteiger partial charge in [-0.25, -0.2) is 0 Å². The second-order valence-corrected chi connectivity index (χ2v) is 3.08. The Balaban J connectivity index is 0.000000284. The zero-order chi connectivity index (χ0) is 11.3. The topological polar surface area (TPSA) is 0 Å². The van der Waals surface area contributed by atoms with E-state index in [1.54, 1.807) is 0 Å². The Morgan fingerprint density at radius 2 is 0.235 bits per heavy atom. The molecule has 0 heterocycles. The van der Waals surface area contributed by atoms with E-state index >= 15 is 0 Å². The molecule has 2 rings (SSSR count). The molecule has 0 aliphatic heterocycles. The van der Waals surface area contributed by atoms with Crippen molar-refractivity contribution >= 4 is 0 Å². The zero-order valence-corrected chi connectivity index (χ0v) is 10.9. The van der Waals surface area contributed by atoms with Crippen LogP contribution in [0.25, 0.3) is 0 Å². The molecule has 1 heteroatoms. The van der Waals surface area contributed by atoms with Gasteiger partial charge < -0.3 is 0 Å². The molecule has 17 heavy (non-hydrogen) atoms. The van der Waals surface area contributed by atoms with E-state index in [1.165, 1.54) is 0 Å². The standard InChI is InChI=1S/2C8H8.Cr/c2*1-2-4-6-8-7-5-3-1;/h2*1-8H;/b2*2-1-,3-1?,4-2?,5-3-,6-4-,7-5?,8-6?,8-7-;. The Morgan fingerprint density at radius 1 is 0.176 bits per heavy atom. The van der Waals surface area contributed by atoms with Crippen LogP contribution in [0.5, 0.6) is 0 Å². The Bertz CT molecular complexity index is 247. The van der Waals surface area contributed by atoms with Crippen LogP contribution in [0.3, 0.4) is 0 Å². The first-order chi connectivity index (χ1) is 8.00. The minimum absolute atomic E-state index is 0. The summed E-state index contributed by atoms with van der Waals surface area (Å²) in [6, 6.07) is 0. The first-order valence-corrected chi connectivity index (χ1v) is 5.33. The molecular formula is C16H16Cr. The molecule has 0 aromatic carbocycles. The van der Waals surface area contributed by atoms with Gasteiger partial charge in [-0.15, -0.1) is 0 Å². The van der Waals surface area contributed by atoms with Crippen molar-refractivity contribution < 1.29 is 17.4 Å². The quantitative estimate of drug-likeness (QED) is 0.603. The van der Waals surface area contributed by atoms with E-state index in [2.05, 4.69) is 0 Å². The van der Waals surface area contributed by atoms with Crippen LogP contribution in [0.1, 0.15) is 0 Å². The van der Waals surface area contributed by atoms with E-state index < -0.39 is 0 Å². The minimum atomic E-state index is 0. The molecule has 0 saturated carbocycles. The molecule has 0 aromatic heterocycles. The van der Waals surface area contributed by atoms with E-state index in [-0.39, 0.29) is 17.4 Å². The third-order valence-corrected chi connectivity index (χ3v) is 1.78. The average Bonchev–Trinajstić information content (AvgIpc) is 2.15. The van der Waals surface area contributed by atoms with Crippen molar-refractivity contribution in [3.8, 4) is 0 Å². The molecule has 0 radical (unpaired) electrons. The molecule has 0 spiro atoms. The normalized spacial score (nSPS) is 30.1. The van der Waals surface area contributed by atoms with Crippen LogP contribution in [0, 0.1) is 0 Å². The fourth-order valence-corrected chi connectivity index (χ4v) is 1.03. The van der Waals surface area contributed by atoms with Gasteiger partial charge >= 0.3 is 0 Å². The van der Waals surface area contributed by atoms with Gasteiger partial charge in [-0.1, -0.05) is 97.2 Å². The number of hydrogen-bond acceptors (Lipinski definition) is 0. The fraction of sp³-hybridized carbons (Fsp3) is 0. The van der Waals surface area contributed by atoms with E-state index in [9.17, 15) is 0 Å². The molecule has 86 valence electrons. The number of allylic oxidation sites excluding steroid dienone is 16. The average molecular weight is 260 g/mol. The first-order valence-electron chi connectivity index (χ1n) is 5.33. The van der Waals surface area contributed by atoms with Gasteiger partial charge in [-0.3, -0.25) is 0 Å². The van der Waals surface area contributed by atoms with Crippen LogP contribution in [0.2, 0.25) is 0 Å². The van der Waals surface area contributed by atoms with Gasteiger partial charge in [-0.05, 0) is 0 Å². The van der Waals surface area contributed by atoms with Crippen molar-refractivity contribution in [2.45, 2.75) is 0 Å². The first kappa shape index (κ1) is 15.5. The molecule has 0 atom stereocenters. The van der Waals surface area contributed by atoms with Gasteiger partial charge in [0, 0.05) is 17.4 Å². The summed E-state index contributed by atoms with van der Waals surface area (Å²) in [6.45, 7) is 0. The smallest absolute Gasteiger partial charge is 0 e. The van der Waals surface area contributed by atoms with Crippen LogP contribution in [-0.2, 0) is 17.4 Å². The van der Waals surface area contributed by atoms with Crippen LogP contribution in [0.15, 0.2) is 97.2 Å². The summed E-state index contributed by atoms with van der Waals surface area (Å²) in [6.07, 6.45) is 32.0. The summed E-state index contributed by atoms with van der Waals surface area (Å²) in [7, 11) is 0. The summed E-state index contributed by atoms with van der Waals surface area (Å²) in [5.74, 6) is 0.